The lowest BCUT2D eigenvalue weighted by Gasteiger charge is -2.19. The average Bonchev–Trinajstić information content (AvgIpc) is 2.40. The molecule has 0 unspecified atom stereocenters. The molecule has 1 aromatic rings. The smallest absolute Gasteiger partial charge is 0.255 e. The first-order chi connectivity index (χ1) is 9.06. The van der Waals surface area contributed by atoms with Gasteiger partial charge in [0, 0.05) is 12.6 Å². The lowest BCUT2D eigenvalue weighted by Crippen LogP contribution is -2.29. The molecule has 1 aromatic carbocycles. The minimum atomic E-state index is -0.528. The van der Waals surface area contributed by atoms with Crippen LogP contribution in [0.1, 0.15) is 5.56 Å². The number of amides is 2. The Labute approximate surface area is 114 Å². The van der Waals surface area contributed by atoms with Crippen LogP contribution in [0.25, 0.3) is 0 Å². The number of nitrogens with two attached hydrogens (primary N) is 1. The van der Waals surface area contributed by atoms with Gasteiger partial charge in [0.05, 0.1) is 5.75 Å². The van der Waals surface area contributed by atoms with Crippen LogP contribution < -0.4 is 10.5 Å². The Balaban J connectivity index is 2.17. The minimum absolute atomic E-state index is 0.0325. The molecule has 0 aromatic heterocycles. The van der Waals surface area contributed by atoms with E-state index in [1.807, 2.05) is 6.07 Å². The Hall–Kier alpha value is -2.02. The molecule has 100 valence electrons. The molecule has 0 saturated heterocycles. The van der Waals surface area contributed by atoms with E-state index < -0.39 is 5.91 Å². The molecule has 0 saturated carbocycles. The standard InChI is InChI=1S/C12H13N3O3S/c1-15-11(17)7-19-12(14-15)8-3-2-4-9(5-8)18-6-10(13)16/h2-5H,6-7H2,1H3,(H2,13,16). The third-order valence-electron chi connectivity index (χ3n) is 2.40. The number of primary amides is 1. The molecule has 2 N–H and O–H groups in total. The van der Waals surface area contributed by atoms with Crippen LogP contribution in [0.3, 0.4) is 0 Å². The lowest BCUT2D eigenvalue weighted by atomic mass is 10.2. The zero-order valence-electron chi connectivity index (χ0n) is 10.3. The maximum Gasteiger partial charge on any atom is 0.255 e. The number of ether oxygens (including phenoxy) is 1. The van der Waals surface area contributed by atoms with E-state index in [9.17, 15) is 9.59 Å². The molecular weight excluding hydrogens is 266 g/mol. The summed E-state index contributed by atoms with van der Waals surface area (Å²) >= 11 is 1.37. The van der Waals surface area contributed by atoms with Crippen LogP contribution >= 0.6 is 11.8 Å². The van der Waals surface area contributed by atoms with Gasteiger partial charge in [-0.3, -0.25) is 9.59 Å². The number of hydrogen-bond donors (Lipinski definition) is 1. The SMILES string of the molecule is CN1N=C(c2cccc(OCC(N)=O)c2)SCC1=O. The molecule has 7 heteroatoms. The van der Waals surface area contributed by atoms with E-state index >= 15 is 0 Å². The van der Waals surface area contributed by atoms with Gasteiger partial charge in [0.1, 0.15) is 10.8 Å². The Morgan fingerprint density at radius 1 is 1.58 bits per heavy atom. The van der Waals surface area contributed by atoms with Gasteiger partial charge < -0.3 is 10.5 Å². The first-order valence-corrected chi connectivity index (χ1v) is 6.54. The number of carbonyl (C=O) groups excluding carboxylic acids is 2. The fraction of sp³-hybridized carbons (Fsp3) is 0.250. The summed E-state index contributed by atoms with van der Waals surface area (Å²) in [5.41, 5.74) is 5.86. The number of thioether (sulfide) groups is 1. The molecule has 0 bridgehead atoms. The molecule has 2 amide bonds. The first-order valence-electron chi connectivity index (χ1n) is 5.56. The summed E-state index contributed by atoms with van der Waals surface area (Å²) in [4.78, 5) is 22.0. The van der Waals surface area contributed by atoms with Crippen molar-refractivity contribution in [3.05, 3.63) is 29.8 Å². The topological polar surface area (TPSA) is 85.0 Å². The van der Waals surface area contributed by atoms with Crippen LogP contribution in [0.5, 0.6) is 5.75 Å². The van der Waals surface area contributed by atoms with Gasteiger partial charge in [-0.2, -0.15) is 5.10 Å². The summed E-state index contributed by atoms with van der Waals surface area (Å²) in [5, 5.41) is 6.25. The van der Waals surface area contributed by atoms with Gasteiger partial charge in [-0.1, -0.05) is 23.9 Å². The number of rotatable bonds is 4. The number of hydrazone groups is 1. The van der Waals surface area contributed by atoms with E-state index in [0.717, 1.165) is 10.6 Å². The summed E-state index contributed by atoms with van der Waals surface area (Å²) in [6, 6.07) is 7.16. The second-order valence-corrected chi connectivity index (χ2v) is 4.86. The fourth-order valence-electron chi connectivity index (χ4n) is 1.46. The van der Waals surface area contributed by atoms with Gasteiger partial charge in [-0.05, 0) is 12.1 Å². The predicted molar refractivity (Wildman–Crippen MR) is 72.9 cm³/mol. The minimum Gasteiger partial charge on any atom is -0.484 e. The van der Waals surface area contributed by atoms with E-state index in [4.69, 9.17) is 10.5 Å². The van der Waals surface area contributed by atoms with Crippen molar-refractivity contribution in [2.24, 2.45) is 10.8 Å². The van der Waals surface area contributed by atoms with Crippen molar-refractivity contribution in [1.82, 2.24) is 5.01 Å². The van der Waals surface area contributed by atoms with Crippen LogP contribution in [0.4, 0.5) is 0 Å². The summed E-state index contributed by atoms with van der Waals surface area (Å²) in [6.07, 6.45) is 0. The van der Waals surface area contributed by atoms with Crippen molar-refractivity contribution < 1.29 is 14.3 Å². The Morgan fingerprint density at radius 2 is 2.37 bits per heavy atom. The molecule has 0 spiro atoms. The molecule has 0 fully saturated rings. The van der Waals surface area contributed by atoms with Gasteiger partial charge in [0.25, 0.3) is 11.8 Å². The van der Waals surface area contributed by atoms with Gasteiger partial charge in [0.15, 0.2) is 6.61 Å². The van der Waals surface area contributed by atoms with E-state index in [0.29, 0.717) is 11.5 Å². The molecule has 6 nitrogen and oxygen atoms in total. The highest BCUT2D eigenvalue weighted by Gasteiger charge is 2.18. The van der Waals surface area contributed by atoms with Crippen molar-refractivity contribution in [3.8, 4) is 5.75 Å². The maximum absolute atomic E-state index is 11.3. The lowest BCUT2D eigenvalue weighted by molar-refractivity contribution is -0.127. The molecule has 19 heavy (non-hydrogen) atoms. The van der Waals surface area contributed by atoms with Crippen LogP contribution in [0, 0.1) is 0 Å². The molecule has 1 aliphatic rings. The highest BCUT2D eigenvalue weighted by atomic mass is 32.2. The van der Waals surface area contributed by atoms with Crippen LogP contribution in [-0.2, 0) is 9.59 Å². The van der Waals surface area contributed by atoms with Crippen LogP contribution in [0.15, 0.2) is 29.4 Å². The Bertz CT molecular complexity index is 545. The number of nitrogens with zero attached hydrogens (tertiary/aromatic N) is 2. The number of hydrogen-bond acceptors (Lipinski definition) is 5. The number of carbonyl (C=O) groups is 2. The molecule has 1 heterocycles. The molecule has 2 rings (SSSR count). The highest BCUT2D eigenvalue weighted by Crippen LogP contribution is 2.22. The fourth-order valence-corrected chi connectivity index (χ4v) is 2.38. The van der Waals surface area contributed by atoms with E-state index in [2.05, 4.69) is 5.10 Å². The summed E-state index contributed by atoms with van der Waals surface area (Å²) in [7, 11) is 1.62. The van der Waals surface area contributed by atoms with Crippen molar-refractivity contribution in [2.45, 2.75) is 0 Å². The van der Waals surface area contributed by atoms with Gasteiger partial charge in [0.2, 0.25) is 0 Å². The second-order valence-electron chi connectivity index (χ2n) is 3.89. The first kappa shape index (κ1) is 13.4. The van der Waals surface area contributed by atoms with Crippen molar-refractivity contribution >= 4 is 28.6 Å². The Morgan fingerprint density at radius 3 is 3.05 bits per heavy atom. The quantitative estimate of drug-likeness (QED) is 0.865. The van der Waals surface area contributed by atoms with Gasteiger partial charge >= 0.3 is 0 Å². The normalized spacial score (nSPS) is 15.1. The van der Waals surface area contributed by atoms with Crippen LogP contribution in [0.2, 0.25) is 0 Å². The third kappa shape index (κ3) is 3.47. The van der Waals surface area contributed by atoms with Gasteiger partial charge in [-0.15, -0.1) is 0 Å². The van der Waals surface area contributed by atoms with E-state index in [-0.39, 0.29) is 12.5 Å². The summed E-state index contributed by atoms with van der Waals surface area (Å²) < 4.78 is 5.23. The van der Waals surface area contributed by atoms with Crippen molar-refractivity contribution in [1.29, 1.82) is 0 Å². The summed E-state index contributed by atoms with van der Waals surface area (Å²) in [6.45, 7) is -0.165. The van der Waals surface area contributed by atoms with Crippen molar-refractivity contribution in [2.75, 3.05) is 19.4 Å². The molecular formula is C12H13N3O3S. The second kappa shape index (κ2) is 5.75. The molecule has 0 aliphatic carbocycles. The largest absolute Gasteiger partial charge is 0.484 e. The Kier molecular flexibility index (Phi) is 4.06. The van der Waals surface area contributed by atoms with Crippen molar-refractivity contribution in [3.63, 3.8) is 0 Å². The molecule has 0 radical (unpaired) electrons. The van der Waals surface area contributed by atoms with E-state index in [1.54, 1.807) is 25.2 Å². The third-order valence-corrected chi connectivity index (χ3v) is 3.38. The van der Waals surface area contributed by atoms with Gasteiger partial charge in [-0.25, -0.2) is 5.01 Å². The summed E-state index contributed by atoms with van der Waals surface area (Å²) in [5.74, 6) is 0.343. The zero-order valence-corrected chi connectivity index (χ0v) is 11.1. The van der Waals surface area contributed by atoms with E-state index in [1.165, 1.54) is 16.8 Å². The monoisotopic (exact) mass is 279 g/mol. The zero-order chi connectivity index (χ0) is 13.8. The van der Waals surface area contributed by atoms with Crippen LogP contribution in [-0.4, -0.2) is 41.3 Å². The average molecular weight is 279 g/mol. The predicted octanol–water partition coefficient (Wildman–Crippen LogP) is 0.417. The number of benzene rings is 1. The molecule has 1 aliphatic heterocycles. The highest BCUT2D eigenvalue weighted by molar-refractivity contribution is 8.15. The maximum atomic E-state index is 11.3. The molecule has 0 atom stereocenters.